The maximum atomic E-state index is 6.68. The lowest BCUT2D eigenvalue weighted by Crippen LogP contribution is -2.32. The third-order valence-electron chi connectivity index (χ3n) is 6.42. The van der Waals surface area contributed by atoms with Gasteiger partial charge in [0.2, 0.25) is 5.95 Å². The van der Waals surface area contributed by atoms with Gasteiger partial charge in [-0.3, -0.25) is 0 Å². The van der Waals surface area contributed by atoms with Crippen molar-refractivity contribution in [3.05, 3.63) is 101 Å². The average Bonchev–Trinajstić information content (AvgIpc) is 3.35. The molecule has 0 saturated carbocycles. The zero-order valence-electron chi connectivity index (χ0n) is 19.1. The Labute approximate surface area is 197 Å². The highest BCUT2D eigenvalue weighted by Crippen LogP contribution is 2.50. The minimum Gasteiger partial charge on any atom is -0.497 e. The van der Waals surface area contributed by atoms with Crippen LogP contribution >= 0.6 is 0 Å². The second kappa shape index (κ2) is 7.95. The Morgan fingerprint density at radius 2 is 1.56 bits per heavy atom. The molecule has 2 aliphatic heterocycles. The van der Waals surface area contributed by atoms with E-state index < -0.39 is 0 Å². The van der Waals surface area contributed by atoms with Gasteiger partial charge < -0.3 is 19.5 Å². The topological polar surface area (TPSA) is 70.4 Å². The van der Waals surface area contributed by atoms with E-state index in [1.165, 1.54) is 0 Å². The number of nitrogens with one attached hydrogen (secondary N) is 1. The van der Waals surface area contributed by atoms with E-state index in [2.05, 4.69) is 58.7 Å². The lowest BCUT2D eigenvalue weighted by atomic mass is 9.84. The molecule has 7 heteroatoms. The summed E-state index contributed by atoms with van der Waals surface area (Å²) in [5.41, 5.74) is 6.36. The van der Waals surface area contributed by atoms with Gasteiger partial charge in [0.05, 0.1) is 19.9 Å². The summed E-state index contributed by atoms with van der Waals surface area (Å²) in [7, 11) is 3.34. The van der Waals surface area contributed by atoms with Gasteiger partial charge in [-0.2, -0.15) is 10.1 Å². The smallest absolute Gasteiger partial charge is 0.226 e. The molecule has 2 aliphatic rings. The van der Waals surface area contributed by atoms with Gasteiger partial charge in [0.25, 0.3) is 0 Å². The highest BCUT2D eigenvalue weighted by Gasteiger charge is 2.41. The number of hydrogen-bond donors (Lipinski definition) is 1. The summed E-state index contributed by atoms with van der Waals surface area (Å²) in [6.45, 7) is 2.09. The summed E-state index contributed by atoms with van der Waals surface area (Å²) < 4.78 is 19.4. The minimum atomic E-state index is -0.326. The fourth-order valence-electron chi connectivity index (χ4n) is 4.74. The first kappa shape index (κ1) is 20.4. The number of aryl methyl sites for hydroxylation is 1. The number of benzene rings is 3. The molecule has 1 aromatic heterocycles. The van der Waals surface area contributed by atoms with Crippen molar-refractivity contribution in [3.8, 4) is 17.2 Å². The summed E-state index contributed by atoms with van der Waals surface area (Å²) in [4.78, 5) is 4.50. The van der Waals surface area contributed by atoms with Gasteiger partial charge in [0, 0.05) is 11.1 Å². The fraction of sp³-hybridized carbons (Fsp3) is 0.185. The molecule has 6 rings (SSSR count). The summed E-state index contributed by atoms with van der Waals surface area (Å²) in [6.07, 6.45) is 1.26. The van der Waals surface area contributed by atoms with E-state index >= 15 is 0 Å². The summed E-state index contributed by atoms with van der Waals surface area (Å²) >= 11 is 0. The van der Waals surface area contributed by atoms with Gasteiger partial charge in [-0.05, 0) is 54.4 Å². The number of fused-ring (bicyclic) bond motifs is 3. The molecule has 4 aromatic rings. The van der Waals surface area contributed by atoms with Gasteiger partial charge >= 0.3 is 0 Å². The standard InChI is InChI=1S/C27H24N4O3/c1-16-4-13-22-21(14-16)24-23(26(34-22)18-7-11-20(33-3)12-8-18)25(31-27(30-24)28-15-29-31)17-5-9-19(32-2)10-6-17/h4-15,25-26H,1-3H3,(H,28,29,30)/t25-,26-/m0/s1. The number of anilines is 1. The lowest BCUT2D eigenvalue weighted by molar-refractivity contribution is 0.223. The van der Waals surface area contributed by atoms with Crippen LogP contribution in [-0.2, 0) is 0 Å². The summed E-state index contributed by atoms with van der Waals surface area (Å²) in [5.74, 6) is 3.14. The lowest BCUT2D eigenvalue weighted by Gasteiger charge is -2.39. The van der Waals surface area contributed by atoms with Crippen molar-refractivity contribution in [2.75, 3.05) is 19.5 Å². The number of nitrogens with zero attached hydrogens (tertiary/aromatic N) is 3. The number of hydrogen-bond acceptors (Lipinski definition) is 6. The SMILES string of the molecule is COc1ccc([C@@H]2Oc3ccc(C)cc3C3=C2[C@H](c2ccc(OC)cc2)n2ncnc2N3)cc1. The molecule has 2 atom stereocenters. The zero-order valence-corrected chi connectivity index (χ0v) is 19.1. The maximum absolute atomic E-state index is 6.68. The molecular weight excluding hydrogens is 428 g/mol. The predicted octanol–water partition coefficient (Wildman–Crippen LogP) is 5.16. The fourth-order valence-corrected chi connectivity index (χ4v) is 4.74. The first-order chi connectivity index (χ1) is 16.7. The van der Waals surface area contributed by atoms with Gasteiger partial charge in [-0.1, -0.05) is 35.9 Å². The number of rotatable bonds is 4. The molecule has 0 fully saturated rings. The molecular formula is C27H24N4O3. The predicted molar refractivity (Wildman–Crippen MR) is 129 cm³/mol. The van der Waals surface area contributed by atoms with Gasteiger partial charge in [-0.25, -0.2) is 4.68 Å². The van der Waals surface area contributed by atoms with E-state index in [1.807, 2.05) is 35.0 Å². The van der Waals surface area contributed by atoms with E-state index in [4.69, 9.17) is 14.2 Å². The van der Waals surface area contributed by atoms with Crippen LogP contribution in [0, 0.1) is 6.92 Å². The molecule has 34 heavy (non-hydrogen) atoms. The first-order valence-corrected chi connectivity index (χ1v) is 11.1. The largest absolute Gasteiger partial charge is 0.497 e. The Bertz CT molecular complexity index is 1390. The normalized spacial score (nSPS) is 18.2. The van der Waals surface area contributed by atoms with Gasteiger partial charge in [0.1, 0.15) is 35.7 Å². The Balaban J connectivity index is 1.59. The van der Waals surface area contributed by atoms with Gasteiger partial charge in [-0.15, -0.1) is 0 Å². The molecule has 3 heterocycles. The van der Waals surface area contributed by atoms with E-state index in [9.17, 15) is 0 Å². The van der Waals surface area contributed by atoms with Crippen molar-refractivity contribution in [2.24, 2.45) is 0 Å². The molecule has 0 bridgehead atoms. The monoisotopic (exact) mass is 452 g/mol. The number of ether oxygens (including phenoxy) is 3. The Hall–Kier alpha value is -4.26. The summed E-state index contributed by atoms with van der Waals surface area (Å²) in [6, 6.07) is 22.2. The van der Waals surface area contributed by atoms with Crippen molar-refractivity contribution >= 4 is 11.6 Å². The van der Waals surface area contributed by atoms with Crippen LogP contribution < -0.4 is 19.5 Å². The van der Waals surface area contributed by atoms with Crippen LogP contribution in [0.25, 0.3) is 5.70 Å². The Morgan fingerprint density at radius 1 is 0.882 bits per heavy atom. The van der Waals surface area contributed by atoms with E-state index in [-0.39, 0.29) is 12.1 Å². The van der Waals surface area contributed by atoms with Crippen LogP contribution in [0.4, 0.5) is 5.95 Å². The Morgan fingerprint density at radius 3 is 2.24 bits per heavy atom. The van der Waals surface area contributed by atoms with Crippen molar-refractivity contribution < 1.29 is 14.2 Å². The third-order valence-corrected chi connectivity index (χ3v) is 6.42. The molecule has 170 valence electrons. The second-order valence-electron chi connectivity index (χ2n) is 8.43. The van der Waals surface area contributed by atoms with Crippen LogP contribution in [0.5, 0.6) is 17.2 Å². The quantitative estimate of drug-likeness (QED) is 0.461. The van der Waals surface area contributed by atoms with Gasteiger partial charge in [0.15, 0.2) is 0 Å². The maximum Gasteiger partial charge on any atom is 0.226 e. The summed E-state index contributed by atoms with van der Waals surface area (Å²) in [5, 5.41) is 8.13. The van der Waals surface area contributed by atoms with Crippen LogP contribution in [0.1, 0.15) is 34.4 Å². The van der Waals surface area contributed by atoms with Crippen LogP contribution in [0.15, 0.2) is 78.6 Å². The van der Waals surface area contributed by atoms with Crippen molar-refractivity contribution in [3.63, 3.8) is 0 Å². The molecule has 7 nitrogen and oxygen atoms in total. The van der Waals surface area contributed by atoms with Crippen LogP contribution in [0.2, 0.25) is 0 Å². The molecule has 0 radical (unpaired) electrons. The molecule has 3 aromatic carbocycles. The average molecular weight is 453 g/mol. The molecule has 1 N–H and O–H groups in total. The van der Waals surface area contributed by atoms with Crippen molar-refractivity contribution in [1.29, 1.82) is 0 Å². The van der Waals surface area contributed by atoms with Crippen molar-refractivity contribution in [2.45, 2.75) is 19.1 Å². The third kappa shape index (κ3) is 3.20. The van der Waals surface area contributed by atoms with Crippen LogP contribution in [-0.4, -0.2) is 29.0 Å². The zero-order chi connectivity index (χ0) is 23.2. The molecule has 0 aliphatic carbocycles. The Kier molecular flexibility index (Phi) is 4.76. The first-order valence-electron chi connectivity index (χ1n) is 11.1. The molecule has 0 spiro atoms. The molecule has 0 saturated heterocycles. The van der Waals surface area contributed by atoms with Crippen molar-refractivity contribution in [1.82, 2.24) is 14.8 Å². The highest BCUT2D eigenvalue weighted by molar-refractivity contribution is 5.85. The molecule has 0 amide bonds. The molecule has 0 unspecified atom stereocenters. The number of aromatic nitrogens is 3. The van der Waals surface area contributed by atoms with E-state index in [0.29, 0.717) is 5.95 Å². The van der Waals surface area contributed by atoms with E-state index in [0.717, 1.165) is 50.8 Å². The highest BCUT2D eigenvalue weighted by atomic mass is 16.5. The second-order valence-corrected chi connectivity index (χ2v) is 8.43. The van der Waals surface area contributed by atoms with E-state index in [1.54, 1.807) is 20.5 Å². The van der Waals surface area contributed by atoms with Crippen LogP contribution in [0.3, 0.4) is 0 Å². The minimum absolute atomic E-state index is 0.208. The number of methoxy groups -OCH3 is 2.